The standard InChI is InChI=1S/C10H13BrN2/c1-13-5-7-4-8(11)2-3-9(7)10(12)6-13/h2-4,10H,5-6,12H2,1H3. The van der Waals surface area contributed by atoms with E-state index in [1.54, 1.807) is 0 Å². The molecule has 70 valence electrons. The van der Waals surface area contributed by atoms with Gasteiger partial charge in [-0.05, 0) is 30.3 Å². The van der Waals surface area contributed by atoms with Gasteiger partial charge in [0.15, 0.2) is 0 Å². The molecule has 0 aliphatic carbocycles. The molecule has 1 aliphatic heterocycles. The molecule has 1 unspecified atom stereocenters. The molecule has 0 bridgehead atoms. The highest BCUT2D eigenvalue weighted by molar-refractivity contribution is 9.10. The van der Waals surface area contributed by atoms with Crippen LogP contribution in [-0.4, -0.2) is 18.5 Å². The summed E-state index contributed by atoms with van der Waals surface area (Å²) >= 11 is 3.47. The maximum atomic E-state index is 6.03. The zero-order chi connectivity index (χ0) is 9.42. The van der Waals surface area contributed by atoms with Crippen molar-refractivity contribution in [3.05, 3.63) is 33.8 Å². The Hall–Kier alpha value is -0.380. The number of hydrogen-bond donors (Lipinski definition) is 1. The van der Waals surface area contributed by atoms with Gasteiger partial charge in [-0.25, -0.2) is 0 Å². The van der Waals surface area contributed by atoms with Crippen LogP contribution < -0.4 is 5.73 Å². The molecule has 0 saturated carbocycles. The van der Waals surface area contributed by atoms with Crippen molar-refractivity contribution >= 4 is 15.9 Å². The second-order valence-corrected chi connectivity index (χ2v) is 4.56. The quantitative estimate of drug-likeness (QED) is 0.751. The van der Waals surface area contributed by atoms with Crippen molar-refractivity contribution < 1.29 is 0 Å². The van der Waals surface area contributed by atoms with Crippen molar-refractivity contribution in [2.45, 2.75) is 12.6 Å². The summed E-state index contributed by atoms with van der Waals surface area (Å²) in [4.78, 5) is 2.25. The van der Waals surface area contributed by atoms with E-state index in [1.165, 1.54) is 11.1 Å². The van der Waals surface area contributed by atoms with Gasteiger partial charge < -0.3 is 10.6 Å². The van der Waals surface area contributed by atoms with Crippen LogP contribution in [0.4, 0.5) is 0 Å². The fourth-order valence-electron chi connectivity index (χ4n) is 1.86. The molecule has 1 aromatic carbocycles. The fraction of sp³-hybridized carbons (Fsp3) is 0.400. The van der Waals surface area contributed by atoms with Crippen molar-refractivity contribution in [1.29, 1.82) is 0 Å². The third kappa shape index (κ3) is 1.77. The molecule has 2 rings (SSSR count). The predicted octanol–water partition coefficient (Wildman–Crippen LogP) is 1.89. The number of benzene rings is 1. The van der Waals surface area contributed by atoms with Crippen LogP contribution in [0.25, 0.3) is 0 Å². The van der Waals surface area contributed by atoms with E-state index in [9.17, 15) is 0 Å². The lowest BCUT2D eigenvalue weighted by Gasteiger charge is -2.29. The van der Waals surface area contributed by atoms with Gasteiger partial charge in [0.1, 0.15) is 0 Å². The average molecular weight is 241 g/mol. The number of halogens is 1. The minimum atomic E-state index is 0.168. The van der Waals surface area contributed by atoms with E-state index >= 15 is 0 Å². The van der Waals surface area contributed by atoms with Crippen LogP contribution in [0.2, 0.25) is 0 Å². The number of nitrogens with two attached hydrogens (primary N) is 1. The maximum absolute atomic E-state index is 6.03. The van der Waals surface area contributed by atoms with Crippen molar-refractivity contribution in [3.63, 3.8) is 0 Å². The summed E-state index contributed by atoms with van der Waals surface area (Å²) in [6, 6.07) is 6.51. The Bertz CT molecular complexity index is 325. The fourth-order valence-corrected chi connectivity index (χ4v) is 2.27. The molecular weight excluding hydrogens is 228 g/mol. The highest BCUT2D eigenvalue weighted by Crippen LogP contribution is 2.26. The van der Waals surface area contributed by atoms with E-state index < -0.39 is 0 Å². The van der Waals surface area contributed by atoms with E-state index in [4.69, 9.17) is 5.73 Å². The van der Waals surface area contributed by atoms with Crippen LogP contribution in [0.1, 0.15) is 17.2 Å². The molecular formula is C10H13BrN2. The van der Waals surface area contributed by atoms with Gasteiger partial charge in [0.25, 0.3) is 0 Å². The first-order valence-electron chi connectivity index (χ1n) is 4.39. The summed E-state index contributed by atoms with van der Waals surface area (Å²) in [5, 5.41) is 0. The average Bonchev–Trinajstić information content (AvgIpc) is 2.02. The lowest BCUT2D eigenvalue weighted by Crippen LogP contribution is -2.34. The molecule has 3 heteroatoms. The van der Waals surface area contributed by atoms with E-state index in [1.807, 2.05) is 0 Å². The first kappa shape index (κ1) is 9.19. The molecule has 0 amide bonds. The number of nitrogens with zero attached hydrogens (tertiary/aromatic N) is 1. The van der Waals surface area contributed by atoms with Crippen molar-refractivity contribution in [2.75, 3.05) is 13.6 Å². The van der Waals surface area contributed by atoms with Gasteiger partial charge in [0.05, 0.1) is 0 Å². The third-order valence-electron chi connectivity index (χ3n) is 2.45. The Morgan fingerprint density at radius 3 is 3.08 bits per heavy atom. The summed E-state index contributed by atoms with van der Waals surface area (Å²) in [6.07, 6.45) is 0. The zero-order valence-electron chi connectivity index (χ0n) is 7.63. The molecule has 0 saturated heterocycles. The summed E-state index contributed by atoms with van der Waals surface area (Å²) in [5.74, 6) is 0. The van der Waals surface area contributed by atoms with Gasteiger partial charge in [-0.2, -0.15) is 0 Å². The molecule has 2 N–H and O–H groups in total. The molecule has 1 aromatic rings. The Labute approximate surface area is 86.9 Å². The van der Waals surface area contributed by atoms with Crippen LogP contribution >= 0.6 is 15.9 Å². The summed E-state index contributed by atoms with van der Waals surface area (Å²) in [5.41, 5.74) is 8.67. The van der Waals surface area contributed by atoms with E-state index in [0.717, 1.165) is 17.6 Å². The Morgan fingerprint density at radius 1 is 1.54 bits per heavy atom. The zero-order valence-corrected chi connectivity index (χ0v) is 9.21. The molecule has 2 nitrogen and oxygen atoms in total. The first-order chi connectivity index (χ1) is 6.16. The van der Waals surface area contributed by atoms with Crippen molar-refractivity contribution in [1.82, 2.24) is 4.90 Å². The Morgan fingerprint density at radius 2 is 2.31 bits per heavy atom. The van der Waals surface area contributed by atoms with Gasteiger partial charge >= 0.3 is 0 Å². The molecule has 0 spiro atoms. The van der Waals surface area contributed by atoms with Crippen LogP contribution in [0.5, 0.6) is 0 Å². The number of likely N-dealkylation sites (N-methyl/N-ethyl adjacent to an activating group) is 1. The van der Waals surface area contributed by atoms with Crippen molar-refractivity contribution in [3.8, 4) is 0 Å². The normalized spacial score (nSPS) is 22.8. The van der Waals surface area contributed by atoms with Crippen LogP contribution in [-0.2, 0) is 6.54 Å². The SMILES string of the molecule is CN1Cc2cc(Br)ccc2C(N)C1. The van der Waals surface area contributed by atoms with Gasteiger partial charge in [0.2, 0.25) is 0 Å². The lowest BCUT2D eigenvalue weighted by molar-refractivity contribution is 0.283. The molecule has 0 fully saturated rings. The van der Waals surface area contributed by atoms with Gasteiger partial charge in [0, 0.05) is 23.6 Å². The largest absolute Gasteiger partial charge is 0.323 e. The smallest absolute Gasteiger partial charge is 0.0427 e. The van der Waals surface area contributed by atoms with Crippen LogP contribution in [0.15, 0.2) is 22.7 Å². The molecule has 0 aromatic heterocycles. The molecule has 1 heterocycles. The van der Waals surface area contributed by atoms with Crippen LogP contribution in [0, 0.1) is 0 Å². The summed E-state index contributed by atoms with van der Waals surface area (Å²) in [7, 11) is 2.10. The Kier molecular flexibility index (Phi) is 2.41. The predicted molar refractivity (Wildman–Crippen MR) is 57.4 cm³/mol. The highest BCUT2D eigenvalue weighted by atomic mass is 79.9. The Balaban J connectivity index is 2.43. The second kappa shape index (κ2) is 3.40. The third-order valence-corrected chi connectivity index (χ3v) is 2.95. The monoisotopic (exact) mass is 240 g/mol. The number of rotatable bonds is 0. The molecule has 13 heavy (non-hydrogen) atoms. The number of fused-ring (bicyclic) bond motifs is 1. The van der Waals surface area contributed by atoms with Gasteiger partial charge in [-0.15, -0.1) is 0 Å². The summed E-state index contributed by atoms with van der Waals surface area (Å²) < 4.78 is 1.13. The molecule has 1 aliphatic rings. The van der Waals surface area contributed by atoms with Gasteiger partial charge in [-0.3, -0.25) is 0 Å². The minimum absolute atomic E-state index is 0.168. The lowest BCUT2D eigenvalue weighted by atomic mass is 9.96. The van der Waals surface area contributed by atoms with E-state index in [-0.39, 0.29) is 6.04 Å². The number of hydrogen-bond acceptors (Lipinski definition) is 2. The topological polar surface area (TPSA) is 29.3 Å². The highest BCUT2D eigenvalue weighted by Gasteiger charge is 2.19. The first-order valence-corrected chi connectivity index (χ1v) is 5.18. The second-order valence-electron chi connectivity index (χ2n) is 3.65. The van der Waals surface area contributed by atoms with Crippen LogP contribution in [0.3, 0.4) is 0 Å². The van der Waals surface area contributed by atoms with Gasteiger partial charge in [-0.1, -0.05) is 22.0 Å². The molecule has 0 radical (unpaired) electrons. The summed E-state index contributed by atoms with van der Waals surface area (Å²) in [6.45, 7) is 1.96. The molecule has 1 atom stereocenters. The van der Waals surface area contributed by atoms with Crippen molar-refractivity contribution in [2.24, 2.45) is 5.73 Å². The van der Waals surface area contributed by atoms with E-state index in [2.05, 4.69) is 46.1 Å². The minimum Gasteiger partial charge on any atom is -0.323 e. The van der Waals surface area contributed by atoms with E-state index in [0.29, 0.717) is 0 Å². The maximum Gasteiger partial charge on any atom is 0.0427 e.